The number of amides is 1. The van der Waals surface area contributed by atoms with Crippen molar-refractivity contribution in [3.63, 3.8) is 0 Å². The van der Waals surface area contributed by atoms with Gasteiger partial charge in [-0.05, 0) is 33.1 Å². The number of nitrogens with one attached hydrogen (secondary N) is 3. The molecule has 0 aliphatic heterocycles. The van der Waals surface area contributed by atoms with Gasteiger partial charge in [-0.2, -0.15) is 5.10 Å². The van der Waals surface area contributed by atoms with Gasteiger partial charge in [0.1, 0.15) is 5.76 Å². The van der Waals surface area contributed by atoms with Gasteiger partial charge in [-0.15, -0.1) is 0 Å². The van der Waals surface area contributed by atoms with E-state index in [2.05, 4.69) is 25.7 Å². The molecule has 1 fully saturated rings. The molecule has 1 amide bonds. The molecule has 9 heteroatoms. The average Bonchev–Trinajstić information content (AvgIpc) is 3.36. The van der Waals surface area contributed by atoms with Gasteiger partial charge >= 0.3 is 5.69 Å². The zero-order valence-electron chi connectivity index (χ0n) is 15.3. The minimum atomic E-state index is -0.206. The Hall–Kier alpha value is -3.10. The summed E-state index contributed by atoms with van der Waals surface area (Å²) < 4.78 is 6.84. The first-order valence-electron chi connectivity index (χ1n) is 9.03. The molecule has 0 aromatic carbocycles. The Morgan fingerprint density at radius 2 is 2.22 bits per heavy atom. The highest BCUT2D eigenvalue weighted by Gasteiger charge is 2.29. The molecule has 2 atom stereocenters. The lowest BCUT2D eigenvalue weighted by molar-refractivity contribution is -0.115. The first-order valence-corrected chi connectivity index (χ1v) is 9.03. The molecule has 3 aromatic heterocycles. The van der Waals surface area contributed by atoms with Gasteiger partial charge in [-0.25, -0.2) is 4.79 Å². The molecular weight excluding hydrogens is 348 g/mol. The summed E-state index contributed by atoms with van der Waals surface area (Å²) in [4.78, 5) is 26.9. The molecule has 0 unspecified atom stereocenters. The number of H-pyrrole nitrogens is 2. The highest BCUT2D eigenvalue weighted by molar-refractivity contribution is 5.91. The van der Waals surface area contributed by atoms with Crippen molar-refractivity contribution in [1.82, 2.24) is 24.9 Å². The Labute approximate surface area is 155 Å². The van der Waals surface area contributed by atoms with Crippen LogP contribution in [-0.4, -0.2) is 30.8 Å². The normalized spacial score (nSPS) is 19.5. The lowest BCUT2D eigenvalue weighted by Crippen LogP contribution is -2.20. The quantitative estimate of drug-likeness (QED) is 0.635. The van der Waals surface area contributed by atoms with Gasteiger partial charge in [0.15, 0.2) is 5.82 Å². The maximum Gasteiger partial charge on any atom is 0.325 e. The van der Waals surface area contributed by atoms with E-state index in [0.717, 1.165) is 36.3 Å². The van der Waals surface area contributed by atoms with Crippen molar-refractivity contribution in [3.05, 3.63) is 51.7 Å². The van der Waals surface area contributed by atoms with E-state index in [1.165, 1.54) is 0 Å². The first kappa shape index (κ1) is 17.3. The van der Waals surface area contributed by atoms with Gasteiger partial charge in [0.25, 0.3) is 0 Å². The van der Waals surface area contributed by atoms with Gasteiger partial charge in [-0.3, -0.25) is 14.5 Å². The summed E-state index contributed by atoms with van der Waals surface area (Å²) in [7, 11) is 0. The predicted molar refractivity (Wildman–Crippen MR) is 97.6 cm³/mol. The van der Waals surface area contributed by atoms with E-state index in [1.807, 2.05) is 26.1 Å². The van der Waals surface area contributed by atoms with Crippen LogP contribution in [0.5, 0.6) is 0 Å². The minimum Gasteiger partial charge on any atom is -0.361 e. The number of aromatic amines is 2. The topological polar surface area (TPSA) is 122 Å². The molecule has 1 saturated carbocycles. The molecule has 142 valence electrons. The van der Waals surface area contributed by atoms with Crippen LogP contribution in [0.2, 0.25) is 0 Å². The van der Waals surface area contributed by atoms with E-state index in [4.69, 9.17) is 4.52 Å². The number of carbonyl (C=O) groups is 1. The Bertz CT molecular complexity index is 1010. The molecule has 9 nitrogen and oxygen atoms in total. The number of hydrogen-bond donors (Lipinski definition) is 3. The van der Waals surface area contributed by atoms with Crippen LogP contribution in [0.15, 0.2) is 27.6 Å². The summed E-state index contributed by atoms with van der Waals surface area (Å²) in [6.45, 7) is 3.69. The summed E-state index contributed by atoms with van der Waals surface area (Å²) >= 11 is 0. The predicted octanol–water partition coefficient (Wildman–Crippen LogP) is 2.19. The standard InChI is InChI=1S/C18H22N6O3/c1-10-5-14(27-23-10)7-17(25)20-16-8-15(21-22-16)12-3-4-13(6-12)24-9-11(2)19-18(24)26/h5,8-9,12-13H,3-4,6-7H2,1-2H3,(H,19,26)(H2,20,21,22,25)/t12-,13+/m0/s1. The van der Waals surface area contributed by atoms with Crippen LogP contribution < -0.4 is 11.0 Å². The molecule has 1 aliphatic rings. The number of hydrogen-bond acceptors (Lipinski definition) is 5. The van der Waals surface area contributed by atoms with Crippen LogP contribution in [-0.2, 0) is 11.2 Å². The third-order valence-electron chi connectivity index (χ3n) is 4.99. The van der Waals surface area contributed by atoms with Crippen LogP contribution in [0, 0.1) is 13.8 Å². The number of rotatable bonds is 5. The van der Waals surface area contributed by atoms with Crippen LogP contribution in [0.4, 0.5) is 5.82 Å². The summed E-state index contributed by atoms with van der Waals surface area (Å²) in [5.74, 6) is 1.09. The fourth-order valence-electron chi connectivity index (χ4n) is 3.75. The fourth-order valence-corrected chi connectivity index (χ4v) is 3.75. The van der Waals surface area contributed by atoms with Crippen LogP contribution >= 0.6 is 0 Å². The third kappa shape index (κ3) is 3.71. The maximum atomic E-state index is 12.1. The van der Waals surface area contributed by atoms with Crippen molar-refractivity contribution in [2.24, 2.45) is 0 Å². The number of nitrogens with zero attached hydrogens (tertiary/aromatic N) is 3. The fraction of sp³-hybridized carbons (Fsp3) is 0.444. The molecule has 3 heterocycles. The summed E-state index contributed by atoms with van der Waals surface area (Å²) in [5, 5.41) is 13.7. The zero-order valence-corrected chi connectivity index (χ0v) is 15.3. The average molecular weight is 370 g/mol. The molecule has 0 saturated heterocycles. The van der Waals surface area contributed by atoms with Crippen LogP contribution in [0.1, 0.15) is 54.1 Å². The van der Waals surface area contributed by atoms with E-state index < -0.39 is 0 Å². The molecule has 3 N–H and O–H groups in total. The lowest BCUT2D eigenvalue weighted by Gasteiger charge is -2.10. The second kappa shape index (κ2) is 6.90. The lowest BCUT2D eigenvalue weighted by atomic mass is 10.0. The monoisotopic (exact) mass is 370 g/mol. The summed E-state index contributed by atoms with van der Waals surface area (Å²) in [6, 6.07) is 3.78. The molecule has 1 aliphatic carbocycles. The second-order valence-corrected chi connectivity index (χ2v) is 7.18. The van der Waals surface area contributed by atoms with Crippen molar-refractivity contribution in [2.45, 2.75) is 51.5 Å². The SMILES string of the molecule is Cc1cc(CC(=O)Nc2cc([C@H]3CC[C@@H](n4cc(C)[nH]c4=O)C3)[nH]n2)on1. The summed E-state index contributed by atoms with van der Waals surface area (Å²) in [5.41, 5.74) is 2.53. The van der Waals surface area contributed by atoms with Crippen molar-refractivity contribution in [2.75, 3.05) is 5.32 Å². The van der Waals surface area contributed by atoms with Crippen molar-refractivity contribution < 1.29 is 9.32 Å². The minimum absolute atomic E-state index is 0.0571. The van der Waals surface area contributed by atoms with E-state index in [9.17, 15) is 9.59 Å². The molecule has 0 radical (unpaired) electrons. The molecule has 4 rings (SSSR count). The van der Waals surface area contributed by atoms with E-state index >= 15 is 0 Å². The third-order valence-corrected chi connectivity index (χ3v) is 4.99. The van der Waals surface area contributed by atoms with Crippen molar-refractivity contribution in [3.8, 4) is 0 Å². The maximum absolute atomic E-state index is 12.1. The smallest absolute Gasteiger partial charge is 0.325 e. The van der Waals surface area contributed by atoms with E-state index in [-0.39, 0.29) is 30.0 Å². The van der Waals surface area contributed by atoms with Gasteiger partial charge in [0.2, 0.25) is 5.91 Å². The molecule has 27 heavy (non-hydrogen) atoms. The highest BCUT2D eigenvalue weighted by Crippen LogP contribution is 2.40. The van der Waals surface area contributed by atoms with E-state index in [0.29, 0.717) is 11.6 Å². The molecule has 0 spiro atoms. The number of anilines is 1. The molecule has 3 aromatic rings. The van der Waals surface area contributed by atoms with Crippen molar-refractivity contribution >= 4 is 11.7 Å². The molecule has 0 bridgehead atoms. The molecular formula is C18H22N6O3. The Morgan fingerprint density at radius 3 is 2.93 bits per heavy atom. The van der Waals surface area contributed by atoms with Gasteiger partial charge in [-0.1, -0.05) is 5.16 Å². The Kier molecular flexibility index (Phi) is 4.43. The number of carbonyl (C=O) groups excluding carboxylic acids is 1. The van der Waals surface area contributed by atoms with Crippen LogP contribution in [0.25, 0.3) is 0 Å². The van der Waals surface area contributed by atoms with E-state index in [1.54, 1.807) is 10.6 Å². The Balaban J connectivity index is 1.37. The van der Waals surface area contributed by atoms with Gasteiger partial charge in [0, 0.05) is 41.7 Å². The Morgan fingerprint density at radius 1 is 1.37 bits per heavy atom. The number of imidazole rings is 1. The largest absolute Gasteiger partial charge is 0.361 e. The number of aryl methyl sites for hydroxylation is 2. The highest BCUT2D eigenvalue weighted by atomic mass is 16.5. The van der Waals surface area contributed by atoms with Crippen LogP contribution in [0.3, 0.4) is 0 Å². The zero-order chi connectivity index (χ0) is 19.0. The van der Waals surface area contributed by atoms with Gasteiger partial charge in [0.05, 0.1) is 12.1 Å². The van der Waals surface area contributed by atoms with Gasteiger partial charge < -0.3 is 14.8 Å². The number of aromatic nitrogens is 5. The first-order chi connectivity index (χ1) is 13.0. The summed E-state index contributed by atoms with van der Waals surface area (Å²) in [6.07, 6.45) is 4.76. The second-order valence-electron chi connectivity index (χ2n) is 7.18. The van der Waals surface area contributed by atoms with Crippen molar-refractivity contribution in [1.29, 1.82) is 0 Å².